The summed E-state index contributed by atoms with van der Waals surface area (Å²) in [6, 6.07) is 27.1. The van der Waals surface area contributed by atoms with Crippen LogP contribution in [0.15, 0.2) is 108 Å². The van der Waals surface area contributed by atoms with Crippen LogP contribution >= 0.6 is 34.3 Å². The van der Waals surface area contributed by atoms with Crippen molar-refractivity contribution in [3.8, 4) is 26.9 Å². The highest BCUT2D eigenvalue weighted by Gasteiger charge is 2.44. The number of hydrogen-bond donors (Lipinski definition) is 4. The number of hydrogen-bond acceptors (Lipinski definition) is 13. The number of thiazole rings is 1. The van der Waals surface area contributed by atoms with E-state index in [9.17, 15) is 24.3 Å². The summed E-state index contributed by atoms with van der Waals surface area (Å²) in [4.78, 5) is 67.9. The van der Waals surface area contributed by atoms with Crippen molar-refractivity contribution in [3.63, 3.8) is 0 Å². The maximum Gasteiger partial charge on any atom is 0.246 e. The van der Waals surface area contributed by atoms with Crippen molar-refractivity contribution in [2.45, 2.75) is 98.7 Å². The number of fused-ring (bicyclic) bond motifs is 3. The monoisotopic (exact) mass is 1070 g/mol. The Hall–Kier alpha value is -7.09. The number of carbonyl (C=O) groups is 4. The molecule has 2 aliphatic heterocycles. The van der Waals surface area contributed by atoms with Crippen LogP contribution in [0.4, 0.5) is 5.69 Å². The topological polar surface area (TPSA) is 202 Å². The third-order valence-electron chi connectivity index (χ3n) is 13.2. The van der Waals surface area contributed by atoms with Gasteiger partial charge < -0.3 is 35.4 Å². The summed E-state index contributed by atoms with van der Waals surface area (Å²) in [7, 11) is 0. The molecule has 3 aromatic heterocycles. The smallest absolute Gasteiger partial charge is 0.246 e. The number of halogens is 1. The molecular formula is C56H58ClN9O7S2. The zero-order chi connectivity index (χ0) is 53.1. The molecule has 19 heteroatoms. The Kier molecular flexibility index (Phi) is 15.8. The number of ether oxygens (including phenoxy) is 2. The molecule has 0 spiro atoms. The van der Waals surface area contributed by atoms with Crippen LogP contribution in [0, 0.1) is 33.1 Å². The minimum absolute atomic E-state index is 0.00460. The number of aliphatic hydroxyl groups is 1. The fourth-order valence-electron chi connectivity index (χ4n) is 9.19. The number of likely N-dealkylation sites (tertiary alicyclic amines) is 1. The first-order chi connectivity index (χ1) is 35.9. The van der Waals surface area contributed by atoms with Gasteiger partial charge in [-0.25, -0.2) is 4.98 Å². The summed E-state index contributed by atoms with van der Waals surface area (Å²) in [5, 5.41) is 29.9. The van der Waals surface area contributed by atoms with Crippen molar-refractivity contribution in [2.75, 3.05) is 18.5 Å². The average molecular weight is 1070 g/mol. The van der Waals surface area contributed by atoms with Crippen LogP contribution < -0.4 is 20.7 Å². The number of aryl methyl sites for hydroxylation is 3. The second kappa shape index (κ2) is 22.4. The average Bonchev–Trinajstić information content (AvgIpc) is 4.16. The Morgan fingerprint density at radius 3 is 2.31 bits per heavy atom. The van der Waals surface area contributed by atoms with Crippen LogP contribution in [0.2, 0.25) is 5.02 Å². The molecule has 75 heavy (non-hydrogen) atoms. The van der Waals surface area contributed by atoms with Gasteiger partial charge in [0.15, 0.2) is 5.82 Å². The van der Waals surface area contributed by atoms with Gasteiger partial charge in [-0.15, -0.1) is 32.9 Å². The van der Waals surface area contributed by atoms with Crippen LogP contribution in [0.3, 0.4) is 0 Å². The van der Waals surface area contributed by atoms with E-state index in [4.69, 9.17) is 26.1 Å². The van der Waals surface area contributed by atoms with Gasteiger partial charge in [-0.1, -0.05) is 87.0 Å². The molecule has 0 saturated carbocycles. The largest absolute Gasteiger partial charge is 0.457 e. The second-order valence-corrected chi connectivity index (χ2v) is 22.4. The zero-order valence-corrected chi connectivity index (χ0v) is 45.0. The molecule has 4 amide bonds. The summed E-state index contributed by atoms with van der Waals surface area (Å²) in [5.41, 5.74) is 9.01. The van der Waals surface area contributed by atoms with E-state index in [0.29, 0.717) is 33.9 Å². The Balaban J connectivity index is 0.769. The highest BCUT2D eigenvalue weighted by Crippen LogP contribution is 2.40. The van der Waals surface area contributed by atoms with E-state index >= 15 is 0 Å². The predicted octanol–water partition coefficient (Wildman–Crippen LogP) is 9.38. The molecule has 1 fully saturated rings. The van der Waals surface area contributed by atoms with Gasteiger partial charge in [-0.3, -0.25) is 28.7 Å². The molecule has 5 heterocycles. The normalized spacial score (nSPS) is 16.6. The fourth-order valence-corrected chi connectivity index (χ4v) is 11.3. The lowest BCUT2D eigenvalue weighted by atomic mass is 9.85. The number of anilines is 1. The number of aliphatic imine (C=N–C) groups is 1. The molecule has 388 valence electrons. The van der Waals surface area contributed by atoms with Crippen LogP contribution in [-0.4, -0.2) is 90.4 Å². The van der Waals surface area contributed by atoms with E-state index in [1.165, 1.54) is 4.90 Å². The number of aromatic nitrogens is 4. The minimum atomic E-state index is -0.999. The Bertz CT molecular complexity index is 3270. The first-order valence-electron chi connectivity index (χ1n) is 24.6. The van der Waals surface area contributed by atoms with Crippen molar-refractivity contribution < 1.29 is 33.8 Å². The van der Waals surface area contributed by atoms with Crippen molar-refractivity contribution in [1.29, 1.82) is 0 Å². The number of nitrogens with zero attached hydrogens (tertiary/aromatic N) is 6. The van der Waals surface area contributed by atoms with Crippen molar-refractivity contribution >= 4 is 69.3 Å². The summed E-state index contributed by atoms with van der Waals surface area (Å²) in [6.07, 6.45) is -0.807. The number of β-amino-alcohol motifs (C(OH)–C–C–N with tert-alkyl or cyclic N) is 1. The van der Waals surface area contributed by atoms with E-state index < -0.39 is 41.5 Å². The number of benzene rings is 4. The zero-order valence-electron chi connectivity index (χ0n) is 42.6. The molecular weight excluding hydrogens is 1010 g/mol. The van der Waals surface area contributed by atoms with Crippen molar-refractivity contribution in [1.82, 2.24) is 35.3 Å². The van der Waals surface area contributed by atoms with Crippen LogP contribution in [0.1, 0.15) is 89.7 Å². The maximum absolute atomic E-state index is 14.1. The molecule has 0 radical (unpaired) electrons. The molecule has 4 N–H and O–H groups in total. The lowest BCUT2D eigenvalue weighted by Crippen LogP contribution is -2.58. The van der Waals surface area contributed by atoms with E-state index in [-0.39, 0.29) is 51.0 Å². The molecule has 9 rings (SSSR count). The van der Waals surface area contributed by atoms with Gasteiger partial charge in [0.1, 0.15) is 47.1 Å². The molecule has 0 aliphatic carbocycles. The second-order valence-electron chi connectivity index (χ2n) is 19.9. The molecule has 4 aromatic carbocycles. The van der Waals surface area contributed by atoms with E-state index in [1.807, 2.05) is 105 Å². The molecule has 2 aliphatic rings. The van der Waals surface area contributed by atoms with Gasteiger partial charge in [0.05, 0.1) is 40.9 Å². The fraction of sp³-hybridized carbons (Fsp3) is 0.321. The minimum Gasteiger partial charge on any atom is -0.457 e. The molecule has 4 atom stereocenters. The number of nitrogens with one attached hydrogen (secondary N) is 3. The van der Waals surface area contributed by atoms with Gasteiger partial charge >= 0.3 is 0 Å². The van der Waals surface area contributed by atoms with Crippen LogP contribution in [0.25, 0.3) is 15.4 Å². The van der Waals surface area contributed by atoms with Gasteiger partial charge in [0.2, 0.25) is 23.6 Å². The van der Waals surface area contributed by atoms with Crippen LogP contribution in [-0.2, 0) is 37.1 Å². The first-order valence-corrected chi connectivity index (χ1v) is 26.6. The highest BCUT2D eigenvalue weighted by atomic mass is 35.5. The van der Waals surface area contributed by atoms with Crippen LogP contribution in [0.5, 0.6) is 11.5 Å². The molecule has 1 unspecified atom stereocenters. The standard InChI is InChI=1S/C56H58ClN9O7S2/c1-31-33(3)75-55-48(31)49(37-17-19-39(57)20-18-37)61-44(52-64-63-34(4)66(52)55)25-46(68)60-40-9-8-10-43(23-40)73-42-21-13-36(14-22-42)28-72-29-47(69)62-51(56(5,6)7)54(71)65-27-41(67)24-45(65)53(70)58-26-35-11-15-38(16-12-35)50-32(2)59-30-74-50/h8-23,30,41,44-45,51,67H,24-29H2,1-7H3,(H,58,70)(H,60,68)(H,62,69)/t41-,44+,45+,51?/m1/s1. The highest BCUT2D eigenvalue weighted by molar-refractivity contribution is 7.15. The summed E-state index contributed by atoms with van der Waals surface area (Å²) < 4.78 is 14.0. The first kappa shape index (κ1) is 52.8. The van der Waals surface area contributed by atoms with Gasteiger partial charge in [0.25, 0.3) is 0 Å². The van der Waals surface area contributed by atoms with E-state index in [0.717, 1.165) is 59.5 Å². The number of rotatable bonds is 16. The maximum atomic E-state index is 14.1. The summed E-state index contributed by atoms with van der Waals surface area (Å²) >= 11 is 9.49. The lowest BCUT2D eigenvalue weighted by molar-refractivity contribution is -0.144. The number of amides is 4. The number of thiophene rings is 1. The number of aliphatic hydroxyl groups excluding tert-OH is 1. The van der Waals surface area contributed by atoms with Crippen molar-refractivity contribution in [2.24, 2.45) is 10.4 Å². The SMILES string of the molecule is Cc1ncsc1-c1ccc(CNC(=O)[C@@H]2C[C@@H](O)CN2C(=O)C(NC(=O)COCc2ccc(Oc3cccc(NC(=O)C[C@@H]4N=C(c5ccc(Cl)cc5)c5c(sc(C)c5C)-n5c(C)nnc54)c3)cc2)C(C)(C)C)cc1. The molecule has 0 bridgehead atoms. The summed E-state index contributed by atoms with van der Waals surface area (Å²) in [6.45, 7) is 13.5. The van der Waals surface area contributed by atoms with Gasteiger partial charge in [-0.05, 0) is 91.8 Å². The third-order valence-corrected chi connectivity index (χ3v) is 15.6. The van der Waals surface area contributed by atoms with E-state index in [2.05, 4.69) is 45.0 Å². The Morgan fingerprint density at radius 1 is 0.880 bits per heavy atom. The van der Waals surface area contributed by atoms with Gasteiger partial charge in [-0.2, -0.15) is 0 Å². The Labute approximate surface area is 448 Å². The molecule has 16 nitrogen and oxygen atoms in total. The lowest BCUT2D eigenvalue weighted by Gasteiger charge is -2.35. The predicted molar refractivity (Wildman–Crippen MR) is 291 cm³/mol. The molecule has 7 aromatic rings. The molecule has 1 saturated heterocycles. The van der Waals surface area contributed by atoms with Crippen molar-refractivity contribution in [3.05, 3.63) is 158 Å². The van der Waals surface area contributed by atoms with E-state index in [1.54, 1.807) is 59.1 Å². The van der Waals surface area contributed by atoms with Gasteiger partial charge in [0, 0.05) is 52.3 Å². The number of carbonyl (C=O) groups excluding carboxylic acids is 4. The third kappa shape index (κ3) is 12.1. The quantitative estimate of drug-likeness (QED) is 0.0722. The Morgan fingerprint density at radius 2 is 1.60 bits per heavy atom. The summed E-state index contributed by atoms with van der Waals surface area (Å²) in [5.74, 6) is 0.714.